The van der Waals surface area contributed by atoms with Crippen LogP contribution in [0, 0.1) is 4.64 Å². The van der Waals surface area contributed by atoms with Crippen molar-refractivity contribution in [3.05, 3.63) is 41.2 Å². The molecule has 0 aliphatic heterocycles. The summed E-state index contributed by atoms with van der Waals surface area (Å²) in [6.07, 6.45) is 1.94. The number of benzene rings is 1. The number of hydrogen-bond donors (Lipinski definition) is 2. The van der Waals surface area contributed by atoms with Crippen LogP contribution in [0.3, 0.4) is 0 Å². The van der Waals surface area contributed by atoms with Gasteiger partial charge in [-0.15, -0.1) is 12.6 Å². The molecule has 0 aliphatic carbocycles. The number of nitrogens with one attached hydrogen (secondary N) is 1. The number of H-pyrrole nitrogens is 1. The Hall–Kier alpha value is -1.26. The summed E-state index contributed by atoms with van der Waals surface area (Å²) < 4.78 is 2.79. The Morgan fingerprint density at radius 3 is 2.87 bits per heavy atom. The van der Waals surface area contributed by atoms with E-state index in [-0.39, 0.29) is 0 Å². The van der Waals surface area contributed by atoms with Crippen LogP contribution in [0.25, 0.3) is 16.4 Å². The van der Waals surface area contributed by atoms with Crippen LogP contribution in [-0.2, 0) is 0 Å². The van der Waals surface area contributed by atoms with E-state index in [0.29, 0.717) is 0 Å². The molecule has 0 unspecified atom stereocenters. The average Bonchev–Trinajstić information content (AvgIpc) is 2.57. The summed E-state index contributed by atoms with van der Waals surface area (Å²) in [5, 5.41) is 1.96. The molecule has 0 aliphatic rings. The normalized spacial score (nSPS) is 11.3. The SMILES string of the molecule is S=c1[nH]c(S)cn2c1cc1ccccc12. The number of aromatic nitrogens is 2. The molecule has 0 saturated heterocycles. The van der Waals surface area contributed by atoms with Gasteiger partial charge in [0, 0.05) is 11.6 Å². The van der Waals surface area contributed by atoms with Gasteiger partial charge in [0.25, 0.3) is 0 Å². The predicted octanol–water partition coefficient (Wildman–Crippen LogP) is 3.44. The van der Waals surface area contributed by atoms with E-state index >= 15 is 0 Å². The van der Waals surface area contributed by atoms with Gasteiger partial charge in [0.2, 0.25) is 0 Å². The zero-order chi connectivity index (χ0) is 10.4. The number of aromatic amines is 1. The summed E-state index contributed by atoms with van der Waals surface area (Å²) in [6.45, 7) is 0. The molecule has 4 heteroatoms. The Morgan fingerprint density at radius 2 is 2.00 bits per heavy atom. The highest BCUT2D eigenvalue weighted by molar-refractivity contribution is 7.80. The maximum Gasteiger partial charge on any atom is 0.128 e. The van der Waals surface area contributed by atoms with Gasteiger partial charge in [-0.25, -0.2) is 0 Å². The second kappa shape index (κ2) is 3.12. The molecule has 1 aromatic carbocycles. The van der Waals surface area contributed by atoms with Crippen molar-refractivity contribution < 1.29 is 0 Å². The maximum absolute atomic E-state index is 5.26. The van der Waals surface area contributed by atoms with Crippen LogP contribution in [-0.4, -0.2) is 9.38 Å². The third-order valence-corrected chi connectivity index (χ3v) is 3.01. The number of nitrogens with zero attached hydrogens (tertiary/aromatic N) is 1. The predicted molar refractivity (Wildman–Crippen MR) is 67.3 cm³/mol. The Morgan fingerprint density at radius 1 is 1.20 bits per heavy atom. The van der Waals surface area contributed by atoms with E-state index in [4.69, 9.17) is 12.2 Å². The lowest BCUT2D eigenvalue weighted by molar-refractivity contribution is 1.04. The number of para-hydroxylation sites is 1. The van der Waals surface area contributed by atoms with E-state index in [1.807, 2.05) is 18.3 Å². The molecular weight excluding hydrogens is 224 g/mol. The number of fused-ring (bicyclic) bond motifs is 3. The monoisotopic (exact) mass is 232 g/mol. The van der Waals surface area contributed by atoms with E-state index in [0.717, 1.165) is 20.7 Å². The lowest BCUT2D eigenvalue weighted by Gasteiger charge is -1.98. The van der Waals surface area contributed by atoms with Crippen LogP contribution >= 0.6 is 24.8 Å². The van der Waals surface area contributed by atoms with E-state index in [2.05, 4.69) is 40.2 Å². The van der Waals surface area contributed by atoms with Gasteiger partial charge in [0.1, 0.15) is 4.64 Å². The minimum Gasteiger partial charge on any atom is -0.339 e. The lowest BCUT2D eigenvalue weighted by atomic mass is 10.2. The molecule has 0 spiro atoms. The van der Waals surface area contributed by atoms with Gasteiger partial charge >= 0.3 is 0 Å². The van der Waals surface area contributed by atoms with Crippen molar-refractivity contribution >= 4 is 41.3 Å². The fourth-order valence-electron chi connectivity index (χ4n) is 1.82. The van der Waals surface area contributed by atoms with Gasteiger partial charge in [-0.1, -0.05) is 30.4 Å². The standard InChI is InChI=1S/C11H8N2S2/c14-10-6-13-8-4-2-1-3-7(8)5-9(13)11(15)12-10/h1-6,14H,(H,12,15). The van der Waals surface area contributed by atoms with Crippen molar-refractivity contribution in [2.24, 2.45) is 0 Å². The molecule has 2 heterocycles. The Labute approximate surface area is 97.0 Å². The molecule has 15 heavy (non-hydrogen) atoms. The molecule has 0 amide bonds. The lowest BCUT2D eigenvalue weighted by Crippen LogP contribution is -1.88. The number of hydrogen-bond acceptors (Lipinski definition) is 2. The molecule has 2 nitrogen and oxygen atoms in total. The van der Waals surface area contributed by atoms with Crippen LogP contribution in [0.5, 0.6) is 0 Å². The second-order valence-corrected chi connectivity index (χ2v) is 4.32. The van der Waals surface area contributed by atoms with E-state index in [9.17, 15) is 0 Å². The van der Waals surface area contributed by atoms with Gasteiger partial charge in [-0.2, -0.15) is 0 Å². The molecule has 3 rings (SSSR count). The van der Waals surface area contributed by atoms with Crippen molar-refractivity contribution in [1.29, 1.82) is 0 Å². The first kappa shape index (κ1) is 9.00. The van der Waals surface area contributed by atoms with Gasteiger partial charge in [0.15, 0.2) is 0 Å². The minimum absolute atomic E-state index is 0.721. The average molecular weight is 232 g/mol. The zero-order valence-electron chi connectivity index (χ0n) is 7.77. The molecule has 1 N–H and O–H groups in total. The van der Waals surface area contributed by atoms with Crippen molar-refractivity contribution in [1.82, 2.24) is 9.38 Å². The third kappa shape index (κ3) is 1.29. The quantitative estimate of drug-likeness (QED) is 0.449. The van der Waals surface area contributed by atoms with Crippen molar-refractivity contribution in [3.63, 3.8) is 0 Å². The highest BCUT2D eigenvalue weighted by Gasteiger charge is 2.03. The molecule has 0 atom stereocenters. The Balaban J connectivity index is 2.67. The van der Waals surface area contributed by atoms with E-state index in [1.54, 1.807) is 0 Å². The van der Waals surface area contributed by atoms with Crippen LogP contribution in [0.4, 0.5) is 0 Å². The van der Waals surface area contributed by atoms with Crippen LogP contribution < -0.4 is 0 Å². The van der Waals surface area contributed by atoms with Gasteiger partial charge in [-0.05, 0) is 12.1 Å². The summed E-state index contributed by atoms with van der Waals surface area (Å²) in [5.74, 6) is 0. The maximum atomic E-state index is 5.26. The van der Waals surface area contributed by atoms with Crippen molar-refractivity contribution in [2.45, 2.75) is 5.03 Å². The third-order valence-electron chi connectivity index (χ3n) is 2.47. The Kier molecular flexibility index (Phi) is 1.87. The van der Waals surface area contributed by atoms with E-state index in [1.165, 1.54) is 5.39 Å². The van der Waals surface area contributed by atoms with Crippen LogP contribution in [0.1, 0.15) is 0 Å². The summed E-state index contributed by atoms with van der Waals surface area (Å²) in [7, 11) is 0. The first-order chi connectivity index (χ1) is 7.25. The molecule has 74 valence electrons. The van der Waals surface area contributed by atoms with E-state index < -0.39 is 0 Å². The van der Waals surface area contributed by atoms with Gasteiger partial charge in [-0.3, -0.25) is 0 Å². The fraction of sp³-hybridized carbons (Fsp3) is 0. The molecule has 0 radical (unpaired) electrons. The highest BCUT2D eigenvalue weighted by atomic mass is 32.1. The molecule has 3 aromatic rings. The van der Waals surface area contributed by atoms with Crippen LogP contribution in [0.2, 0.25) is 0 Å². The fourth-order valence-corrected chi connectivity index (χ4v) is 2.39. The largest absolute Gasteiger partial charge is 0.339 e. The smallest absolute Gasteiger partial charge is 0.128 e. The zero-order valence-corrected chi connectivity index (χ0v) is 9.48. The van der Waals surface area contributed by atoms with Crippen molar-refractivity contribution in [2.75, 3.05) is 0 Å². The summed E-state index contributed by atoms with van der Waals surface area (Å²) in [6, 6.07) is 10.3. The van der Waals surface area contributed by atoms with Gasteiger partial charge < -0.3 is 9.38 Å². The first-order valence-electron chi connectivity index (χ1n) is 4.58. The number of thiol groups is 1. The van der Waals surface area contributed by atoms with Gasteiger partial charge in [0.05, 0.1) is 16.1 Å². The molecule has 0 bridgehead atoms. The highest BCUT2D eigenvalue weighted by Crippen LogP contribution is 2.21. The Bertz CT molecular complexity index is 709. The first-order valence-corrected chi connectivity index (χ1v) is 5.43. The molecular formula is C11H8N2S2. The molecule has 0 fully saturated rings. The summed E-state index contributed by atoms with van der Waals surface area (Å²) >= 11 is 9.54. The molecule has 0 saturated carbocycles. The summed E-state index contributed by atoms with van der Waals surface area (Å²) in [5.41, 5.74) is 2.17. The number of rotatable bonds is 0. The molecule has 2 aromatic heterocycles. The topological polar surface area (TPSA) is 20.2 Å². The second-order valence-electron chi connectivity index (χ2n) is 3.43. The minimum atomic E-state index is 0.721. The van der Waals surface area contributed by atoms with Crippen LogP contribution in [0.15, 0.2) is 41.6 Å². The summed E-state index contributed by atoms with van der Waals surface area (Å²) in [4.78, 5) is 3.03. The van der Waals surface area contributed by atoms with Crippen molar-refractivity contribution in [3.8, 4) is 0 Å².